The van der Waals surface area contributed by atoms with Gasteiger partial charge >= 0.3 is 0 Å². The molecule has 180 valence electrons. The zero-order chi connectivity index (χ0) is 22.4. The number of methoxy groups -OCH3 is 1. The lowest BCUT2D eigenvalue weighted by molar-refractivity contribution is 0.0514. The highest BCUT2D eigenvalue weighted by Gasteiger charge is 2.36. The van der Waals surface area contributed by atoms with Gasteiger partial charge in [0.1, 0.15) is 0 Å². The molecule has 2 aliphatic heterocycles. The summed E-state index contributed by atoms with van der Waals surface area (Å²) in [4.78, 5) is 4.42. The fourth-order valence-electron chi connectivity index (χ4n) is 4.15. The van der Waals surface area contributed by atoms with Crippen LogP contribution in [0.3, 0.4) is 0 Å². The van der Waals surface area contributed by atoms with Crippen LogP contribution in [-0.4, -0.2) is 53.3 Å². The van der Waals surface area contributed by atoms with Gasteiger partial charge in [0.05, 0.1) is 13.7 Å². The first kappa shape index (κ1) is 25.2. The highest BCUT2D eigenvalue weighted by atomic mass is 127. The number of rotatable bonds is 7. The minimum absolute atomic E-state index is 0. The molecule has 2 aromatic carbocycles. The van der Waals surface area contributed by atoms with Crippen LogP contribution in [-0.2, 0) is 10.2 Å². The van der Waals surface area contributed by atoms with Gasteiger partial charge in [-0.15, -0.1) is 24.0 Å². The summed E-state index contributed by atoms with van der Waals surface area (Å²) in [5.74, 6) is 3.67. The van der Waals surface area contributed by atoms with Crippen LogP contribution in [0.1, 0.15) is 25.3 Å². The molecular formula is C24H32IN3O5. The predicted molar refractivity (Wildman–Crippen MR) is 139 cm³/mol. The molecule has 0 radical (unpaired) electrons. The van der Waals surface area contributed by atoms with Crippen molar-refractivity contribution in [2.24, 2.45) is 4.99 Å². The molecule has 0 bridgehead atoms. The average molecular weight is 569 g/mol. The summed E-state index contributed by atoms with van der Waals surface area (Å²) in [6.07, 6.45) is 1.82. The third-order valence-electron chi connectivity index (χ3n) is 5.98. The Morgan fingerprint density at radius 1 is 1.06 bits per heavy atom. The molecule has 4 rings (SSSR count). The van der Waals surface area contributed by atoms with Crippen LogP contribution in [0.2, 0.25) is 0 Å². The summed E-state index contributed by atoms with van der Waals surface area (Å²) in [5.41, 5.74) is 2.00. The molecule has 0 amide bonds. The second kappa shape index (κ2) is 11.6. The number of benzene rings is 2. The second-order valence-corrected chi connectivity index (χ2v) is 7.81. The lowest BCUT2D eigenvalue weighted by atomic mass is 9.74. The lowest BCUT2D eigenvalue weighted by Gasteiger charge is -2.38. The van der Waals surface area contributed by atoms with E-state index in [1.54, 1.807) is 14.2 Å². The van der Waals surface area contributed by atoms with Gasteiger partial charge in [-0.05, 0) is 49.6 Å². The first-order valence-corrected chi connectivity index (χ1v) is 10.9. The van der Waals surface area contributed by atoms with Gasteiger partial charge in [0.2, 0.25) is 6.79 Å². The van der Waals surface area contributed by atoms with Crippen molar-refractivity contribution in [1.29, 1.82) is 0 Å². The van der Waals surface area contributed by atoms with Crippen molar-refractivity contribution in [2.45, 2.75) is 25.2 Å². The summed E-state index contributed by atoms with van der Waals surface area (Å²) in [7, 11) is 3.40. The van der Waals surface area contributed by atoms with Crippen molar-refractivity contribution in [2.75, 3.05) is 52.6 Å². The minimum atomic E-state index is -0.0900. The van der Waals surface area contributed by atoms with Gasteiger partial charge in [-0.25, -0.2) is 0 Å². The molecule has 1 saturated heterocycles. The summed E-state index contributed by atoms with van der Waals surface area (Å²) < 4.78 is 27.8. The Hall–Kier alpha value is -2.40. The Morgan fingerprint density at radius 2 is 1.85 bits per heavy atom. The number of aliphatic imine (C=N–C) groups is 1. The molecule has 8 nitrogen and oxygen atoms in total. The van der Waals surface area contributed by atoms with E-state index in [-0.39, 0.29) is 36.2 Å². The van der Waals surface area contributed by atoms with Crippen LogP contribution >= 0.6 is 24.0 Å². The molecule has 2 aliphatic rings. The molecule has 2 N–H and O–H groups in total. The van der Waals surface area contributed by atoms with E-state index < -0.39 is 0 Å². The fraction of sp³-hybridized carbons (Fsp3) is 0.458. The SMILES string of the molecule is CCOc1cc(NC(=NC)NCC2(c3ccc4c(c3)OCO4)CCOCC2)ccc1OC.I. The quantitative estimate of drug-likeness (QED) is 0.294. The van der Waals surface area contributed by atoms with Gasteiger partial charge in [0.25, 0.3) is 0 Å². The highest BCUT2D eigenvalue weighted by molar-refractivity contribution is 14.0. The van der Waals surface area contributed by atoms with Crippen LogP contribution < -0.4 is 29.6 Å². The van der Waals surface area contributed by atoms with Crippen molar-refractivity contribution >= 4 is 35.6 Å². The van der Waals surface area contributed by atoms with Crippen molar-refractivity contribution in [3.05, 3.63) is 42.0 Å². The van der Waals surface area contributed by atoms with E-state index in [1.807, 2.05) is 31.2 Å². The number of hydrogen-bond donors (Lipinski definition) is 2. The Morgan fingerprint density at radius 3 is 2.58 bits per heavy atom. The summed E-state index contributed by atoms with van der Waals surface area (Å²) >= 11 is 0. The van der Waals surface area contributed by atoms with Crippen LogP contribution in [0.25, 0.3) is 0 Å². The molecule has 9 heteroatoms. The van der Waals surface area contributed by atoms with Gasteiger partial charge in [-0.3, -0.25) is 4.99 Å². The number of guanidine groups is 1. The van der Waals surface area contributed by atoms with E-state index in [2.05, 4.69) is 27.8 Å². The Balaban J connectivity index is 0.00000306. The molecule has 33 heavy (non-hydrogen) atoms. The Bertz CT molecular complexity index is 963. The number of fused-ring (bicyclic) bond motifs is 1. The molecule has 0 atom stereocenters. The van der Waals surface area contributed by atoms with Crippen LogP contribution in [0.15, 0.2) is 41.4 Å². The summed E-state index contributed by atoms with van der Waals surface area (Å²) in [6, 6.07) is 12.0. The molecule has 0 aromatic heterocycles. The van der Waals surface area contributed by atoms with Crippen molar-refractivity contribution < 1.29 is 23.7 Å². The van der Waals surface area contributed by atoms with E-state index in [1.165, 1.54) is 5.56 Å². The zero-order valence-electron chi connectivity index (χ0n) is 19.3. The fourth-order valence-corrected chi connectivity index (χ4v) is 4.15. The maximum absolute atomic E-state index is 5.69. The molecule has 1 fully saturated rings. The molecule has 0 spiro atoms. The average Bonchev–Trinajstić information content (AvgIpc) is 3.31. The van der Waals surface area contributed by atoms with Gasteiger partial charge in [-0.1, -0.05) is 6.07 Å². The minimum Gasteiger partial charge on any atom is -0.493 e. The largest absolute Gasteiger partial charge is 0.493 e. The molecule has 2 heterocycles. The van der Waals surface area contributed by atoms with E-state index >= 15 is 0 Å². The Labute approximate surface area is 212 Å². The van der Waals surface area contributed by atoms with E-state index in [0.717, 1.165) is 43.2 Å². The zero-order valence-corrected chi connectivity index (χ0v) is 21.6. The third kappa shape index (κ3) is 5.75. The number of ether oxygens (including phenoxy) is 5. The van der Waals surface area contributed by atoms with Crippen molar-refractivity contribution in [3.63, 3.8) is 0 Å². The topological polar surface area (TPSA) is 82.6 Å². The third-order valence-corrected chi connectivity index (χ3v) is 5.98. The van der Waals surface area contributed by atoms with Crippen LogP contribution in [0, 0.1) is 0 Å². The molecule has 0 aliphatic carbocycles. The first-order chi connectivity index (χ1) is 15.7. The maximum Gasteiger partial charge on any atom is 0.231 e. The number of anilines is 1. The van der Waals surface area contributed by atoms with Crippen molar-refractivity contribution in [3.8, 4) is 23.0 Å². The van der Waals surface area contributed by atoms with Gasteiger partial charge in [0, 0.05) is 44.0 Å². The predicted octanol–water partition coefficient (Wildman–Crippen LogP) is 4.18. The number of nitrogens with one attached hydrogen (secondary N) is 2. The van der Waals surface area contributed by atoms with Crippen LogP contribution in [0.4, 0.5) is 5.69 Å². The number of halogens is 1. The molecule has 0 saturated carbocycles. The van der Waals surface area contributed by atoms with Crippen molar-refractivity contribution in [1.82, 2.24) is 5.32 Å². The Kier molecular flexibility index (Phi) is 8.90. The van der Waals surface area contributed by atoms with E-state index in [0.29, 0.717) is 30.6 Å². The smallest absolute Gasteiger partial charge is 0.231 e. The summed E-state index contributed by atoms with van der Waals surface area (Å²) in [5, 5.41) is 6.87. The van der Waals surface area contributed by atoms with Gasteiger partial charge < -0.3 is 34.3 Å². The summed E-state index contributed by atoms with van der Waals surface area (Å²) in [6.45, 7) is 4.94. The number of nitrogens with zero attached hydrogens (tertiary/aromatic N) is 1. The lowest BCUT2D eigenvalue weighted by Crippen LogP contribution is -2.46. The maximum atomic E-state index is 5.69. The van der Waals surface area contributed by atoms with E-state index in [4.69, 9.17) is 23.7 Å². The number of hydrogen-bond acceptors (Lipinski definition) is 6. The van der Waals surface area contributed by atoms with E-state index in [9.17, 15) is 0 Å². The highest BCUT2D eigenvalue weighted by Crippen LogP contribution is 2.40. The molecule has 2 aromatic rings. The first-order valence-electron chi connectivity index (χ1n) is 10.9. The molecule has 0 unspecified atom stereocenters. The standard InChI is InChI=1S/C24H31N3O5.HI/c1-4-30-22-14-18(6-8-19(22)28-3)27-23(25-2)26-15-24(9-11-29-12-10-24)17-5-7-20-21(13-17)32-16-31-20;/h5-8,13-14H,4,9-12,15-16H2,1-3H3,(H2,25,26,27);1H. The monoisotopic (exact) mass is 569 g/mol. The van der Waals surface area contributed by atoms with Gasteiger partial charge in [0.15, 0.2) is 29.0 Å². The normalized spacial score (nSPS) is 16.5. The van der Waals surface area contributed by atoms with Crippen LogP contribution in [0.5, 0.6) is 23.0 Å². The van der Waals surface area contributed by atoms with Gasteiger partial charge in [-0.2, -0.15) is 0 Å². The second-order valence-electron chi connectivity index (χ2n) is 7.81. The molecular weight excluding hydrogens is 537 g/mol.